The van der Waals surface area contributed by atoms with Gasteiger partial charge in [-0.25, -0.2) is 4.79 Å². The van der Waals surface area contributed by atoms with Gasteiger partial charge in [0.2, 0.25) is 0 Å². The van der Waals surface area contributed by atoms with Gasteiger partial charge in [-0.15, -0.1) is 0 Å². The first kappa shape index (κ1) is 22.0. The van der Waals surface area contributed by atoms with E-state index >= 15 is 0 Å². The molecule has 9 heteroatoms. The Morgan fingerprint density at radius 3 is 2.55 bits per heavy atom. The van der Waals surface area contributed by atoms with Crippen LogP contribution in [0.4, 0.5) is 10.5 Å². The van der Waals surface area contributed by atoms with Crippen molar-refractivity contribution in [2.45, 2.75) is 19.4 Å². The number of hydrogen-bond donors (Lipinski definition) is 3. The zero-order valence-electron chi connectivity index (χ0n) is 16.0. The van der Waals surface area contributed by atoms with Crippen molar-refractivity contribution in [3.63, 3.8) is 0 Å². The van der Waals surface area contributed by atoms with E-state index in [9.17, 15) is 14.4 Å². The molecule has 0 aliphatic rings. The summed E-state index contributed by atoms with van der Waals surface area (Å²) in [7, 11) is 1.49. The molecule has 0 bridgehead atoms. The number of benzene rings is 2. The van der Waals surface area contributed by atoms with Crippen molar-refractivity contribution in [1.29, 1.82) is 0 Å². The molecule has 0 heterocycles. The summed E-state index contributed by atoms with van der Waals surface area (Å²) in [5.74, 6) is -0.742. The van der Waals surface area contributed by atoms with Crippen LogP contribution in [0.3, 0.4) is 0 Å². The van der Waals surface area contributed by atoms with E-state index in [1.807, 2.05) is 13.0 Å². The maximum absolute atomic E-state index is 12.2. The Kier molecular flexibility index (Phi) is 7.85. The molecule has 154 valence electrons. The number of amides is 3. The molecule has 1 atom stereocenters. The van der Waals surface area contributed by atoms with Crippen molar-refractivity contribution in [2.75, 3.05) is 19.0 Å². The van der Waals surface area contributed by atoms with Gasteiger partial charge in [-0.3, -0.25) is 9.59 Å². The standard InChI is InChI=1S/C20H22ClN3O5/c1-12-7-8-17(28-2)16(9-12)23-18(25)11-29-19(26)10-15(24-20(22)27)13-5-3-4-6-14(13)21/h3-9,15H,10-11H2,1-2H3,(H,23,25)(H3,22,24,27)/t15-/m0/s1. The van der Waals surface area contributed by atoms with Crippen LogP contribution in [0.5, 0.6) is 5.75 Å². The molecule has 0 saturated carbocycles. The molecule has 29 heavy (non-hydrogen) atoms. The fourth-order valence-corrected chi connectivity index (χ4v) is 2.91. The van der Waals surface area contributed by atoms with E-state index in [0.29, 0.717) is 22.0 Å². The highest BCUT2D eigenvalue weighted by Gasteiger charge is 2.21. The van der Waals surface area contributed by atoms with Gasteiger partial charge < -0.3 is 25.8 Å². The number of ether oxygens (including phenoxy) is 2. The average molecular weight is 420 g/mol. The molecule has 0 aliphatic carbocycles. The Labute approximate surface area is 173 Å². The van der Waals surface area contributed by atoms with Gasteiger partial charge in [0.1, 0.15) is 5.75 Å². The normalized spacial score (nSPS) is 11.3. The lowest BCUT2D eigenvalue weighted by Gasteiger charge is -2.18. The highest BCUT2D eigenvalue weighted by Crippen LogP contribution is 2.26. The van der Waals surface area contributed by atoms with Crippen LogP contribution in [0.15, 0.2) is 42.5 Å². The quantitative estimate of drug-likeness (QED) is 0.568. The number of primary amides is 1. The van der Waals surface area contributed by atoms with Crippen LogP contribution in [0.1, 0.15) is 23.6 Å². The minimum Gasteiger partial charge on any atom is -0.495 e. The highest BCUT2D eigenvalue weighted by molar-refractivity contribution is 6.31. The fraction of sp³-hybridized carbons (Fsp3) is 0.250. The van der Waals surface area contributed by atoms with Crippen molar-refractivity contribution >= 4 is 35.2 Å². The van der Waals surface area contributed by atoms with Gasteiger partial charge in [0, 0.05) is 5.02 Å². The minimum absolute atomic E-state index is 0.242. The van der Waals surface area contributed by atoms with Gasteiger partial charge >= 0.3 is 12.0 Å². The van der Waals surface area contributed by atoms with Gasteiger partial charge in [0.05, 0.1) is 25.3 Å². The smallest absolute Gasteiger partial charge is 0.312 e. The molecule has 2 aromatic rings. The molecule has 4 N–H and O–H groups in total. The number of esters is 1. The number of aryl methyl sites for hydroxylation is 1. The van der Waals surface area contributed by atoms with E-state index < -0.39 is 30.6 Å². The summed E-state index contributed by atoms with van der Waals surface area (Å²) in [6, 6.07) is 10.4. The summed E-state index contributed by atoms with van der Waals surface area (Å²) in [4.78, 5) is 35.6. The van der Waals surface area contributed by atoms with E-state index in [1.54, 1.807) is 36.4 Å². The van der Waals surface area contributed by atoms with Crippen LogP contribution in [0.2, 0.25) is 5.02 Å². The number of anilines is 1. The maximum atomic E-state index is 12.2. The first-order chi connectivity index (χ1) is 13.8. The number of carbonyl (C=O) groups is 3. The molecule has 3 amide bonds. The predicted octanol–water partition coefficient (Wildman–Crippen LogP) is 2.94. The van der Waals surface area contributed by atoms with E-state index in [1.165, 1.54) is 7.11 Å². The first-order valence-corrected chi connectivity index (χ1v) is 9.08. The van der Waals surface area contributed by atoms with Crippen molar-refractivity contribution in [3.05, 3.63) is 58.6 Å². The Morgan fingerprint density at radius 2 is 1.90 bits per heavy atom. The molecule has 0 fully saturated rings. The molecule has 0 aromatic heterocycles. The lowest BCUT2D eigenvalue weighted by molar-refractivity contribution is -0.147. The topological polar surface area (TPSA) is 120 Å². The zero-order valence-corrected chi connectivity index (χ0v) is 16.8. The molecular weight excluding hydrogens is 398 g/mol. The summed E-state index contributed by atoms with van der Waals surface area (Å²) in [5, 5.41) is 5.45. The first-order valence-electron chi connectivity index (χ1n) is 8.70. The fourth-order valence-electron chi connectivity index (χ4n) is 2.65. The lowest BCUT2D eigenvalue weighted by Crippen LogP contribution is -2.35. The summed E-state index contributed by atoms with van der Waals surface area (Å²) in [5.41, 5.74) is 7.09. The largest absolute Gasteiger partial charge is 0.495 e. The summed E-state index contributed by atoms with van der Waals surface area (Å²) in [6.07, 6.45) is -0.242. The van der Waals surface area contributed by atoms with Crippen LogP contribution in [0, 0.1) is 6.92 Å². The highest BCUT2D eigenvalue weighted by atomic mass is 35.5. The number of urea groups is 1. The number of nitrogens with one attached hydrogen (secondary N) is 2. The molecule has 0 aliphatic heterocycles. The van der Waals surface area contributed by atoms with Crippen LogP contribution >= 0.6 is 11.6 Å². The third-order valence-electron chi connectivity index (χ3n) is 3.96. The van der Waals surface area contributed by atoms with Crippen molar-refractivity contribution < 1.29 is 23.9 Å². The molecule has 8 nitrogen and oxygen atoms in total. The maximum Gasteiger partial charge on any atom is 0.312 e. The second-order valence-electron chi connectivity index (χ2n) is 6.20. The van der Waals surface area contributed by atoms with Crippen LogP contribution in [-0.2, 0) is 14.3 Å². The van der Waals surface area contributed by atoms with E-state index in [-0.39, 0.29) is 6.42 Å². The van der Waals surface area contributed by atoms with Gasteiger partial charge in [0.15, 0.2) is 6.61 Å². The Bertz CT molecular complexity index is 903. The number of hydrogen-bond acceptors (Lipinski definition) is 5. The molecule has 2 aromatic carbocycles. The Hall–Kier alpha value is -3.26. The SMILES string of the molecule is COc1ccc(C)cc1NC(=O)COC(=O)C[C@H](NC(N)=O)c1ccccc1Cl. The van der Waals surface area contributed by atoms with Gasteiger partial charge in [-0.1, -0.05) is 35.9 Å². The number of rotatable bonds is 8. The average Bonchev–Trinajstić information content (AvgIpc) is 2.66. The van der Waals surface area contributed by atoms with E-state index in [0.717, 1.165) is 5.56 Å². The minimum atomic E-state index is -0.813. The van der Waals surface area contributed by atoms with Crippen LogP contribution in [0.25, 0.3) is 0 Å². The zero-order chi connectivity index (χ0) is 21.4. The predicted molar refractivity (Wildman–Crippen MR) is 109 cm³/mol. The molecule has 2 rings (SSSR count). The number of methoxy groups -OCH3 is 1. The van der Waals surface area contributed by atoms with Gasteiger partial charge in [-0.05, 0) is 36.2 Å². The third kappa shape index (κ3) is 6.69. The third-order valence-corrected chi connectivity index (χ3v) is 4.31. The van der Waals surface area contributed by atoms with E-state index in [2.05, 4.69) is 10.6 Å². The Morgan fingerprint density at radius 1 is 1.17 bits per heavy atom. The van der Waals surface area contributed by atoms with Crippen LogP contribution < -0.4 is 21.1 Å². The molecule has 0 radical (unpaired) electrons. The summed E-state index contributed by atoms with van der Waals surface area (Å²) >= 11 is 6.12. The second-order valence-corrected chi connectivity index (χ2v) is 6.61. The van der Waals surface area contributed by atoms with Crippen molar-refractivity contribution in [2.24, 2.45) is 5.73 Å². The second kappa shape index (κ2) is 10.3. The van der Waals surface area contributed by atoms with Gasteiger partial charge in [-0.2, -0.15) is 0 Å². The number of nitrogens with two attached hydrogens (primary N) is 1. The molecule has 0 unspecified atom stereocenters. The van der Waals surface area contributed by atoms with Gasteiger partial charge in [0.25, 0.3) is 5.91 Å². The Balaban J connectivity index is 1.96. The molecule has 0 saturated heterocycles. The summed E-state index contributed by atoms with van der Waals surface area (Å²) < 4.78 is 10.2. The number of halogens is 1. The van der Waals surface area contributed by atoms with E-state index in [4.69, 9.17) is 26.8 Å². The lowest BCUT2D eigenvalue weighted by atomic mass is 10.0. The molecule has 0 spiro atoms. The van der Waals surface area contributed by atoms with Crippen LogP contribution in [-0.4, -0.2) is 31.6 Å². The number of carbonyl (C=O) groups excluding carboxylic acids is 3. The molecular formula is C20H22ClN3O5. The monoisotopic (exact) mass is 419 g/mol. The van der Waals surface area contributed by atoms with Crippen molar-refractivity contribution in [1.82, 2.24) is 5.32 Å². The van der Waals surface area contributed by atoms with Crippen molar-refractivity contribution in [3.8, 4) is 5.75 Å². The summed E-state index contributed by atoms with van der Waals surface area (Å²) in [6.45, 7) is 1.37.